The van der Waals surface area contributed by atoms with Crippen molar-refractivity contribution < 1.29 is 5.11 Å². The van der Waals surface area contributed by atoms with E-state index in [1.165, 1.54) is 11.1 Å². The molecule has 0 atom stereocenters. The highest BCUT2D eigenvalue weighted by atomic mass is 35.5. The van der Waals surface area contributed by atoms with E-state index in [9.17, 15) is 5.11 Å². The summed E-state index contributed by atoms with van der Waals surface area (Å²) in [7, 11) is 0. The maximum absolute atomic E-state index is 9.44. The normalized spacial score (nSPS) is 18.9. The van der Waals surface area contributed by atoms with Gasteiger partial charge in [-0.15, -0.1) is 0 Å². The maximum Gasteiger partial charge on any atom is 0.0564 e. The molecule has 1 fully saturated rings. The first kappa shape index (κ1) is 11.9. The molecule has 0 radical (unpaired) electrons. The fraction of sp³-hybridized carbons (Fsp3) is 0.538. The van der Waals surface area contributed by atoms with Crippen molar-refractivity contribution in [2.75, 3.05) is 13.1 Å². The summed E-state index contributed by atoms with van der Waals surface area (Å²) in [4.78, 5) is 2.38. The van der Waals surface area contributed by atoms with Crippen LogP contribution in [0.3, 0.4) is 0 Å². The Labute approximate surface area is 102 Å². The summed E-state index contributed by atoms with van der Waals surface area (Å²) in [5.41, 5.74) is 2.47. The van der Waals surface area contributed by atoms with Gasteiger partial charge in [-0.05, 0) is 37.0 Å². The molecule has 1 aliphatic rings. The lowest BCUT2D eigenvalue weighted by atomic mass is 10.0. The molecule has 0 aliphatic carbocycles. The van der Waals surface area contributed by atoms with Crippen molar-refractivity contribution in [1.82, 2.24) is 4.90 Å². The Kier molecular flexibility index (Phi) is 3.85. The molecule has 1 N–H and O–H groups in total. The van der Waals surface area contributed by atoms with Gasteiger partial charge in [0.15, 0.2) is 0 Å². The van der Waals surface area contributed by atoms with Gasteiger partial charge in [0, 0.05) is 24.7 Å². The largest absolute Gasteiger partial charge is 0.393 e. The summed E-state index contributed by atoms with van der Waals surface area (Å²) in [5, 5.41) is 10.3. The fourth-order valence-electron chi connectivity index (χ4n) is 2.14. The molecule has 88 valence electrons. The van der Waals surface area contributed by atoms with Gasteiger partial charge < -0.3 is 5.11 Å². The second kappa shape index (κ2) is 5.17. The van der Waals surface area contributed by atoms with Crippen LogP contribution in [0.5, 0.6) is 0 Å². The molecule has 1 aromatic rings. The van der Waals surface area contributed by atoms with Gasteiger partial charge in [0.25, 0.3) is 0 Å². The molecule has 0 spiro atoms. The topological polar surface area (TPSA) is 23.5 Å². The minimum atomic E-state index is -0.100. The van der Waals surface area contributed by atoms with E-state index in [4.69, 9.17) is 11.6 Å². The molecule has 16 heavy (non-hydrogen) atoms. The monoisotopic (exact) mass is 239 g/mol. The van der Waals surface area contributed by atoms with Crippen LogP contribution >= 0.6 is 11.6 Å². The Balaban J connectivity index is 2.01. The average Bonchev–Trinajstić information content (AvgIpc) is 2.28. The number of likely N-dealkylation sites (tertiary alicyclic amines) is 1. The molecule has 3 heteroatoms. The van der Waals surface area contributed by atoms with Crippen molar-refractivity contribution in [3.05, 3.63) is 34.3 Å². The zero-order valence-corrected chi connectivity index (χ0v) is 10.4. The Hall–Kier alpha value is -0.570. The van der Waals surface area contributed by atoms with Crippen LogP contribution in [0.1, 0.15) is 24.0 Å². The number of rotatable bonds is 2. The first-order chi connectivity index (χ1) is 7.66. The lowest BCUT2D eigenvalue weighted by molar-refractivity contribution is 0.0792. The van der Waals surface area contributed by atoms with Gasteiger partial charge in [0.2, 0.25) is 0 Å². The molecule has 1 aliphatic heterocycles. The van der Waals surface area contributed by atoms with Crippen LogP contribution in [0.2, 0.25) is 5.02 Å². The Morgan fingerprint density at radius 1 is 1.38 bits per heavy atom. The number of halogens is 1. The molecule has 0 unspecified atom stereocenters. The van der Waals surface area contributed by atoms with Gasteiger partial charge in [-0.25, -0.2) is 0 Å². The molecule has 0 saturated carbocycles. The number of aliphatic hydroxyl groups is 1. The maximum atomic E-state index is 9.44. The van der Waals surface area contributed by atoms with Crippen LogP contribution in [-0.4, -0.2) is 29.2 Å². The highest BCUT2D eigenvalue weighted by Crippen LogP contribution is 2.21. The number of piperidine rings is 1. The Morgan fingerprint density at radius 2 is 2.06 bits per heavy atom. The van der Waals surface area contributed by atoms with Gasteiger partial charge in [-0.2, -0.15) is 0 Å². The molecule has 1 aromatic carbocycles. The van der Waals surface area contributed by atoms with Gasteiger partial charge in [-0.3, -0.25) is 4.90 Å². The van der Waals surface area contributed by atoms with Crippen LogP contribution in [-0.2, 0) is 6.54 Å². The lowest BCUT2D eigenvalue weighted by Gasteiger charge is -2.29. The van der Waals surface area contributed by atoms with Gasteiger partial charge >= 0.3 is 0 Å². The third kappa shape index (κ3) is 2.76. The van der Waals surface area contributed by atoms with Crippen LogP contribution in [0.4, 0.5) is 0 Å². The van der Waals surface area contributed by atoms with Gasteiger partial charge in [0.05, 0.1) is 6.10 Å². The predicted octanol–water partition coefficient (Wildman–Crippen LogP) is 2.61. The van der Waals surface area contributed by atoms with E-state index < -0.39 is 0 Å². The average molecular weight is 240 g/mol. The van der Waals surface area contributed by atoms with E-state index >= 15 is 0 Å². The zero-order chi connectivity index (χ0) is 11.5. The van der Waals surface area contributed by atoms with E-state index in [1.807, 2.05) is 12.1 Å². The van der Waals surface area contributed by atoms with Crippen molar-refractivity contribution >= 4 is 11.6 Å². The standard InChI is InChI=1S/C13H18ClNO/c1-10-11(3-2-4-13(10)14)9-15-7-5-12(16)6-8-15/h2-4,12,16H,5-9H2,1H3. The van der Waals surface area contributed by atoms with Gasteiger partial charge in [-0.1, -0.05) is 23.7 Å². The van der Waals surface area contributed by atoms with Crippen LogP contribution in [0, 0.1) is 6.92 Å². The first-order valence-electron chi connectivity index (χ1n) is 5.81. The summed E-state index contributed by atoms with van der Waals surface area (Å²) < 4.78 is 0. The molecule has 2 nitrogen and oxygen atoms in total. The quantitative estimate of drug-likeness (QED) is 0.858. The SMILES string of the molecule is Cc1c(Cl)cccc1CN1CCC(O)CC1. The Morgan fingerprint density at radius 3 is 2.75 bits per heavy atom. The van der Waals surface area contributed by atoms with E-state index in [2.05, 4.69) is 17.9 Å². The predicted molar refractivity (Wildman–Crippen MR) is 66.7 cm³/mol. The molecule has 0 aromatic heterocycles. The molecule has 1 saturated heterocycles. The molecule has 2 rings (SSSR count). The fourth-order valence-corrected chi connectivity index (χ4v) is 2.34. The second-order valence-corrected chi connectivity index (χ2v) is 4.94. The van der Waals surface area contributed by atoms with Gasteiger partial charge in [0.1, 0.15) is 0 Å². The van der Waals surface area contributed by atoms with Crippen molar-refractivity contribution in [3.8, 4) is 0 Å². The molecular weight excluding hydrogens is 222 g/mol. The number of aliphatic hydroxyl groups excluding tert-OH is 1. The van der Waals surface area contributed by atoms with Crippen LogP contribution in [0.25, 0.3) is 0 Å². The minimum Gasteiger partial charge on any atom is -0.393 e. The molecule has 1 heterocycles. The lowest BCUT2D eigenvalue weighted by Crippen LogP contribution is -2.35. The number of nitrogens with zero attached hydrogens (tertiary/aromatic N) is 1. The summed E-state index contributed by atoms with van der Waals surface area (Å²) in [5.74, 6) is 0. The Bertz CT molecular complexity index is 359. The summed E-state index contributed by atoms with van der Waals surface area (Å²) >= 11 is 6.10. The molecular formula is C13H18ClNO. The zero-order valence-electron chi connectivity index (χ0n) is 9.62. The summed E-state index contributed by atoms with van der Waals surface area (Å²) in [6, 6.07) is 6.07. The molecule has 0 amide bonds. The van der Waals surface area contributed by atoms with E-state index in [0.717, 1.165) is 37.5 Å². The van der Waals surface area contributed by atoms with Crippen molar-refractivity contribution in [2.24, 2.45) is 0 Å². The van der Waals surface area contributed by atoms with Crippen molar-refractivity contribution in [2.45, 2.75) is 32.4 Å². The second-order valence-electron chi connectivity index (χ2n) is 4.53. The summed E-state index contributed by atoms with van der Waals surface area (Å²) in [6.45, 7) is 4.97. The van der Waals surface area contributed by atoms with Crippen molar-refractivity contribution in [3.63, 3.8) is 0 Å². The highest BCUT2D eigenvalue weighted by Gasteiger charge is 2.17. The minimum absolute atomic E-state index is 0.100. The number of hydrogen-bond acceptors (Lipinski definition) is 2. The van der Waals surface area contributed by atoms with E-state index in [-0.39, 0.29) is 6.10 Å². The van der Waals surface area contributed by atoms with Crippen LogP contribution < -0.4 is 0 Å². The third-order valence-electron chi connectivity index (χ3n) is 3.33. The highest BCUT2D eigenvalue weighted by molar-refractivity contribution is 6.31. The van der Waals surface area contributed by atoms with E-state index in [1.54, 1.807) is 0 Å². The summed E-state index contributed by atoms with van der Waals surface area (Å²) in [6.07, 6.45) is 1.68. The van der Waals surface area contributed by atoms with Crippen LogP contribution in [0.15, 0.2) is 18.2 Å². The molecule has 0 bridgehead atoms. The number of hydrogen-bond donors (Lipinski definition) is 1. The number of benzene rings is 1. The van der Waals surface area contributed by atoms with Crippen molar-refractivity contribution in [1.29, 1.82) is 0 Å². The van der Waals surface area contributed by atoms with E-state index in [0.29, 0.717) is 0 Å². The third-order valence-corrected chi connectivity index (χ3v) is 3.74. The first-order valence-corrected chi connectivity index (χ1v) is 6.19. The smallest absolute Gasteiger partial charge is 0.0564 e.